The number of carbonyl (C=O) groups is 2. The number of fused-ring (bicyclic) bond motifs is 1. The summed E-state index contributed by atoms with van der Waals surface area (Å²) in [5.74, 6) is -0.440. The van der Waals surface area contributed by atoms with Gasteiger partial charge in [-0.2, -0.15) is 0 Å². The Morgan fingerprint density at radius 1 is 1.25 bits per heavy atom. The Labute approximate surface area is 208 Å². The summed E-state index contributed by atoms with van der Waals surface area (Å²) in [7, 11) is 0. The number of benzene rings is 1. The van der Waals surface area contributed by atoms with Crippen LogP contribution in [0, 0.1) is 12.3 Å². The summed E-state index contributed by atoms with van der Waals surface area (Å²) in [6, 6.07) is 5.57. The first kappa shape index (κ1) is 25.3. The van der Waals surface area contributed by atoms with Crippen molar-refractivity contribution in [3.8, 4) is 0 Å². The van der Waals surface area contributed by atoms with Gasteiger partial charge in [-0.05, 0) is 32.4 Å². The first-order valence-electron chi connectivity index (χ1n) is 11.8. The Bertz CT molecular complexity index is 1290. The number of H-pyrrole nitrogens is 1. The SMILES string of the molecule is Cc1ccc(C(=N)c2cnc3[nH]cc(C(=O)NC(C)(C)CO)c3n2)c(NCC(=O)N2CCOCC2)c1. The number of nitrogens with one attached hydrogen (secondary N) is 4. The smallest absolute Gasteiger partial charge is 0.255 e. The van der Waals surface area contributed by atoms with Gasteiger partial charge in [0.15, 0.2) is 5.65 Å². The average molecular weight is 494 g/mol. The zero-order valence-corrected chi connectivity index (χ0v) is 20.6. The molecule has 3 heterocycles. The molecule has 2 aromatic heterocycles. The third-order valence-corrected chi connectivity index (χ3v) is 5.97. The van der Waals surface area contributed by atoms with E-state index in [0.29, 0.717) is 48.7 Å². The largest absolute Gasteiger partial charge is 0.394 e. The third-order valence-electron chi connectivity index (χ3n) is 5.97. The number of aliphatic hydroxyl groups excluding tert-OH is 1. The lowest BCUT2D eigenvalue weighted by atomic mass is 10.0. The van der Waals surface area contributed by atoms with Crippen LogP contribution in [0.1, 0.15) is 41.0 Å². The molecule has 1 fully saturated rings. The van der Waals surface area contributed by atoms with E-state index in [9.17, 15) is 14.7 Å². The topological polar surface area (TPSA) is 156 Å². The predicted octanol–water partition coefficient (Wildman–Crippen LogP) is 1.45. The monoisotopic (exact) mass is 493 g/mol. The van der Waals surface area contributed by atoms with Crippen LogP contribution in [0.2, 0.25) is 0 Å². The summed E-state index contributed by atoms with van der Waals surface area (Å²) in [6.45, 7) is 7.42. The van der Waals surface area contributed by atoms with E-state index < -0.39 is 11.4 Å². The van der Waals surface area contributed by atoms with Crippen LogP contribution in [0.5, 0.6) is 0 Å². The molecule has 190 valence electrons. The number of anilines is 1. The number of aromatic amines is 1. The van der Waals surface area contributed by atoms with Crippen molar-refractivity contribution in [2.45, 2.75) is 26.3 Å². The molecular formula is C25H31N7O4. The van der Waals surface area contributed by atoms with Crippen molar-refractivity contribution in [3.05, 3.63) is 53.0 Å². The van der Waals surface area contributed by atoms with Gasteiger partial charge in [-0.15, -0.1) is 0 Å². The van der Waals surface area contributed by atoms with Crippen molar-refractivity contribution in [1.82, 2.24) is 25.2 Å². The fourth-order valence-corrected chi connectivity index (χ4v) is 3.85. The lowest BCUT2D eigenvalue weighted by Crippen LogP contribution is -2.46. The standard InChI is InChI=1S/C25H31N7O4/c1-15-4-5-16(18(10-15)27-13-20(34)32-6-8-36-9-7-32)21(26)19-12-29-23-22(30-19)17(11-28-23)24(35)31-25(2,3)14-33/h4-5,10-12,26-27,33H,6-9,13-14H2,1-3H3,(H,28,29)(H,31,35). The van der Waals surface area contributed by atoms with Gasteiger partial charge in [0.1, 0.15) is 11.2 Å². The van der Waals surface area contributed by atoms with E-state index in [4.69, 9.17) is 10.1 Å². The van der Waals surface area contributed by atoms with Crippen molar-refractivity contribution in [2.24, 2.45) is 0 Å². The second kappa shape index (κ2) is 10.4. The maximum absolute atomic E-state index is 12.8. The lowest BCUT2D eigenvalue weighted by molar-refractivity contribution is -0.133. The highest BCUT2D eigenvalue weighted by molar-refractivity contribution is 6.14. The summed E-state index contributed by atoms with van der Waals surface area (Å²) < 4.78 is 5.31. The highest BCUT2D eigenvalue weighted by Crippen LogP contribution is 2.22. The lowest BCUT2D eigenvalue weighted by Gasteiger charge is -2.27. The molecule has 4 rings (SSSR count). The van der Waals surface area contributed by atoms with Gasteiger partial charge in [0, 0.05) is 30.5 Å². The zero-order valence-electron chi connectivity index (χ0n) is 20.6. The molecule has 1 aliphatic rings. The minimum Gasteiger partial charge on any atom is -0.394 e. The summed E-state index contributed by atoms with van der Waals surface area (Å²) in [5, 5.41) is 24.3. The van der Waals surface area contributed by atoms with E-state index in [-0.39, 0.29) is 36.0 Å². The number of ether oxygens (including phenoxy) is 1. The van der Waals surface area contributed by atoms with Crippen molar-refractivity contribution in [3.63, 3.8) is 0 Å². The molecule has 36 heavy (non-hydrogen) atoms. The maximum atomic E-state index is 12.8. The number of nitrogens with zero attached hydrogens (tertiary/aromatic N) is 3. The summed E-state index contributed by atoms with van der Waals surface area (Å²) in [4.78, 5) is 39.0. The van der Waals surface area contributed by atoms with Crippen molar-refractivity contribution >= 4 is 34.4 Å². The van der Waals surface area contributed by atoms with Crippen LogP contribution < -0.4 is 10.6 Å². The highest BCUT2D eigenvalue weighted by atomic mass is 16.5. The molecule has 0 bridgehead atoms. The van der Waals surface area contributed by atoms with Gasteiger partial charge < -0.3 is 30.4 Å². The number of aromatic nitrogens is 3. The molecule has 0 radical (unpaired) electrons. The van der Waals surface area contributed by atoms with E-state index in [1.165, 1.54) is 12.4 Å². The highest BCUT2D eigenvalue weighted by Gasteiger charge is 2.24. The fourth-order valence-electron chi connectivity index (χ4n) is 3.85. The minimum atomic E-state index is -0.806. The van der Waals surface area contributed by atoms with E-state index in [0.717, 1.165) is 5.56 Å². The number of hydrogen-bond donors (Lipinski definition) is 5. The van der Waals surface area contributed by atoms with E-state index in [2.05, 4.69) is 25.6 Å². The van der Waals surface area contributed by atoms with Crippen LogP contribution in [0.4, 0.5) is 5.69 Å². The number of morpholine rings is 1. The molecule has 1 aromatic carbocycles. The van der Waals surface area contributed by atoms with Gasteiger partial charge in [-0.25, -0.2) is 9.97 Å². The summed E-state index contributed by atoms with van der Waals surface area (Å²) in [6.07, 6.45) is 2.99. The molecule has 3 aromatic rings. The second-order valence-electron chi connectivity index (χ2n) is 9.42. The number of carbonyl (C=O) groups excluding carboxylic acids is 2. The Morgan fingerprint density at radius 3 is 2.72 bits per heavy atom. The number of rotatable bonds is 8. The summed E-state index contributed by atoms with van der Waals surface area (Å²) in [5.41, 5.74) is 2.77. The van der Waals surface area contributed by atoms with E-state index in [1.54, 1.807) is 24.8 Å². The molecule has 0 aliphatic carbocycles. The van der Waals surface area contributed by atoms with Crippen LogP contribution in [0.25, 0.3) is 11.2 Å². The predicted molar refractivity (Wildman–Crippen MR) is 136 cm³/mol. The number of aliphatic hydroxyl groups is 1. The Hall–Kier alpha value is -3.83. The van der Waals surface area contributed by atoms with Crippen molar-refractivity contribution in [1.29, 1.82) is 5.41 Å². The summed E-state index contributed by atoms with van der Waals surface area (Å²) >= 11 is 0. The Kier molecular flexibility index (Phi) is 7.32. The van der Waals surface area contributed by atoms with Crippen molar-refractivity contribution in [2.75, 3.05) is 44.8 Å². The van der Waals surface area contributed by atoms with Gasteiger partial charge in [-0.3, -0.25) is 15.0 Å². The molecule has 11 nitrogen and oxygen atoms in total. The molecule has 0 saturated carbocycles. The van der Waals surface area contributed by atoms with E-state index >= 15 is 0 Å². The van der Waals surface area contributed by atoms with Crippen LogP contribution in [0.3, 0.4) is 0 Å². The molecular weight excluding hydrogens is 462 g/mol. The molecule has 1 aliphatic heterocycles. The molecule has 0 unspecified atom stereocenters. The minimum absolute atomic E-state index is 0.0349. The van der Waals surface area contributed by atoms with Gasteiger partial charge in [0.25, 0.3) is 5.91 Å². The Balaban J connectivity index is 1.58. The fraction of sp³-hybridized carbons (Fsp3) is 0.400. The number of hydrogen-bond acceptors (Lipinski definition) is 8. The van der Waals surface area contributed by atoms with Gasteiger partial charge in [0.05, 0.1) is 49.4 Å². The second-order valence-corrected chi connectivity index (χ2v) is 9.42. The molecule has 0 atom stereocenters. The van der Waals surface area contributed by atoms with Crippen LogP contribution in [0.15, 0.2) is 30.6 Å². The number of aryl methyl sites for hydroxylation is 1. The third kappa shape index (κ3) is 5.52. The number of amides is 2. The van der Waals surface area contributed by atoms with Crippen LogP contribution >= 0.6 is 0 Å². The first-order chi connectivity index (χ1) is 17.2. The zero-order chi connectivity index (χ0) is 25.9. The van der Waals surface area contributed by atoms with Crippen LogP contribution in [-0.2, 0) is 9.53 Å². The molecule has 2 amide bonds. The Morgan fingerprint density at radius 2 is 2.00 bits per heavy atom. The van der Waals surface area contributed by atoms with Crippen LogP contribution in [-0.4, -0.2) is 87.5 Å². The first-order valence-corrected chi connectivity index (χ1v) is 11.8. The quantitative estimate of drug-likeness (QED) is 0.297. The van der Waals surface area contributed by atoms with Crippen molar-refractivity contribution < 1.29 is 19.4 Å². The van der Waals surface area contributed by atoms with Gasteiger partial charge in [0.2, 0.25) is 5.91 Å². The molecule has 11 heteroatoms. The van der Waals surface area contributed by atoms with E-state index in [1.807, 2.05) is 19.1 Å². The molecule has 0 spiro atoms. The maximum Gasteiger partial charge on any atom is 0.255 e. The average Bonchev–Trinajstić information content (AvgIpc) is 3.31. The normalized spacial score (nSPS) is 14.1. The molecule has 1 saturated heterocycles. The molecule has 5 N–H and O–H groups in total. The van der Waals surface area contributed by atoms with Gasteiger partial charge >= 0.3 is 0 Å². The van der Waals surface area contributed by atoms with Gasteiger partial charge in [-0.1, -0.05) is 12.1 Å².